The standard InChI is InChI=1S/C16H21ClN2O/c1-11-4-2-5-13(14(11)17)15(20)19-12-6-9-18-16(10-12)7-3-8-16/h2,4-5,12,18H,3,6-10H2,1H3,(H,19,20). The van der Waals surface area contributed by atoms with Crippen molar-refractivity contribution in [3.05, 3.63) is 34.3 Å². The number of hydrogen-bond acceptors (Lipinski definition) is 2. The highest BCUT2D eigenvalue weighted by molar-refractivity contribution is 6.34. The smallest absolute Gasteiger partial charge is 0.253 e. The van der Waals surface area contributed by atoms with Gasteiger partial charge in [0, 0.05) is 11.6 Å². The van der Waals surface area contributed by atoms with E-state index in [0.29, 0.717) is 16.1 Å². The summed E-state index contributed by atoms with van der Waals surface area (Å²) in [7, 11) is 0. The number of carbonyl (C=O) groups excluding carboxylic acids is 1. The van der Waals surface area contributed by atoms with Gasteiger partial charge in [-0.1, -0.05) is 23.7 Å². The maximum absolute atomic E-state index is 12.4. The van der Waals surface area contributed by atoms with Gasteiger partial charge in [0.2, 0.25) is 0 Å². The Kier molecular flexibility index (Phi) is 3.74. The molecule has 1 heterocycles. The fourth-order valence-corrected chi connectivity index (χ4v) is 3.56. The van der Waals surface area contributed by atoms with Gasteiger partial charge in [-0.15, -0.1) is 0 Å². The van der Waals surface area contributed by atoms with Gasteiger partial charge in [0.15, 0.2) is 0 Å². The van der Waals surface area contributed by atoms with Crippen LogP contribution in [-0.4, -0.2) is 24.0 Å². The highest BCUT2D eigenvalue weighted by Crippen LogP contribution is 2.38. The number of amides is 1. The topological polar surface area (TPSA) is 41.1 Å². The van der Waals surface area contributed by atoms with Crippen molar-refractivity contribution in [2.24, 2.45) is 0 Å². The molecule has 108 valence electrons. The molecular formula is C16H21ClN2O. The van der Waals surface area contributed by atoms with Gasteiger partial charge in [0.05, 0.1) is 10.6 Å². The van der Waals surface area contributed by atoms with Gasteiger partial charge in [0.1, 0.15) is 0 Å². The molecule has 20 heavy (non-hydrogen) atoms. The van der Waals surface area contributed by atoms with E-state index >= 15 is 0 Å². The largest absolute Gasteiger partial charge is 0.349 e. The molecule has 1 atom stereocenters. The third kappa shape index (κ3) is 2.57. The quantitative estimate of drug-likeness (QED) is 0.880. The predicted molar refractivity (Wildman–Crippen MR) is 81.3 cm³/mol. The van der Waals surface area contributed by atoms with E-state index in [4.69, 9.17) is 11.6 Å². The molecular weight excluding hydrogens is 272 g/mol. The Morgan fingerprint density at radius 2 is 2.25 bits per heavy atom. The lowest BCUT2D eigenvalue weighted by molar-refractivity contribution is 0.0853. The van der Waals surface area contributed by atoms with Gasteiger partial charge >= 0.3 is 0 Å². The number of halogens is 1. The molecule has 2 aliphatic rings. The van der Waals surface area contributed by atoms with Gasteiger partial charge in [-0.2, -0.15) is 0 Å². The van der Waals surface area contributed by atoms with Gasteiger partial charge in [-0.3, -0.25) is 4.79 Å². The minimum Gasteiger partial charge on any atom is -0.349 e. The number of hydrogen-bond donors (Lipinski definition) is 2. The van der Waals surface area contributed by atoms with Crippen LogP contribution in [0.15, 0.2) is 18.2 Å². The van der Waals surface area contributed by atoms with Crippen molar-refractivity contribution in [1.82, 2.24) is 10.6 Å². The molecule has 1 aromatic rings. The second kappa shape index (κ2) is 5.38. The first kappa shape index (κ1) is 13.9. The van der Waals surface area contributed by atoms with Crippen LogP contribution in [0.3, 0.4) is 0 Å². The Morgan fingerprint density at radius 3 is 2.95 bits per heavy atom. The van der Waals surface area contributed by atoms with E-state index < -0.39 is 0 Å². The summed E-state index contributed by atoms with van der Waals surface area (Å²) in [6, 6.07) is 5.87. The Morgan fingerprint density at radius 1 is 1.45 bits per heavy atom. The monoisotopic (exact) mass is 292 g/mol. The molecule has 2 fully saturated rings. The van der Waals surface area contributed by atoms with Crippen LogP contribution in [0.5, 0.6) is 0 Å². The molecule has 4 heteroatoms. The van der Waals surface area contributed by atoms with Crippen LogP contribution in [0, 0.1) is 6.92 Å². The van der Waals surface area contributed by atoms with Crippen molar-refractivity contribution in [2.45, 2.75) is 50.6 Å². The number of aryl methyl sites for hydroxylation is 1. The molecule has 1 saturated heterocycles. The predicted octanol–water partition coefficient (Wildman–Crippen LogP) is 3.05. The summed E-state index contributed by atoms with van der Waals surface area (Å²) in [4.78, 5) is 12.4. The zero-order valence-electron chi connectivity index (χ0n) is 11.8. The zero-order chi connectivity index (χ0) is 14.2. The summed E-state index contributed by atoms with van der Waals surface area (Å²) >= 11 is 6.23. The Balaban J connectivity index is 1.68. The van der Waals surface area contributed by atoms with Gasteiger partial charge in [-0.25, -0.2) is 0 Å². The number of piperidine rings is 1. The maximum Gasteiger partial charge on any atom is 0.253 e. The van der Waals surface area contributed by atoms with E-state index in [9.17, 15) is 4.79 Å². The van der Waals surface area contributed by atoms with Gasteiger partial charge in [0.25, 0.3) is 5.91 Å². The van der Waals surface area contributed by atoms with Gasteiger partial charge < -0.3 is 10.6 Å². The molecule has 1 aliphatic heterocycles. The molecule has 0 aromatic heterocycles. The van der Waals surface area contributed by atoms with Crippen molar-refractivity contribution < 1.29 is 4.79 Å². The molecule has 0 radical (unpaired) electrons. The first-order valence-corrected chi connectivity index (χ1v) is 7.78. The third-order valence-corrected chi connectivity index (χ3v) is 5.21. The molecule has 1 aromatic carbocycles. The van der Waals surface area contributed by atoms with Crippen molar-refractivity contribution in [2.75, 3.05) is 6.54 Å². The van der Waals surface area contributed by atoms with Crippen molar-refractivity contribution in [1.29, 1.82) is 0 Å². The summed E-state index contributed by atoms with van der Waals surface area (Å²) in [5.41, 5.74) is 1.83. The SMILES string of the molecule is Cc1cccc(C(=O)NC2CCNC3(CCC3)C2)c1Cl. The molecule has 3 nitrogen and oxygen atoms in total. The van der Waals surface area contributed by atoms with E-state index in [0.717, 1.165) is 24.9 Å². The van der Waals surface area contributed by atoms with E-state index in [1.807, 2.05) is 19.1 Å². The number of rotatable bonds is 2. The summed E-state index contributed by atoms with van der Waals surface area (Å²) in [5, 5.41) is 7.35. The van der Waals surface area contributed by atoms with Crippen molar-refractivity contribution >= 4 is 17.5 Å². The average molecular weight is 293 g/mol. The Bertz CT molecular complexity index is 525. The Labute approximate surface area is 125 Å². The summed E-state index contributed by atoms with van der Waals surface area (Å²) in [5.74, 6) is -0.0416. The first-order chi connectivity index (χ1) is 9.60. The number of carbonyl (C=O) groups is 1. The second-order valence-corrected chi connectivity index (χ2v) is 6.54. The lowest BCUT2D eigenvalue weighted by atomic mass is 9.70. The van der Waals surface area contributed by atoms with Crippen molar-refractivity contribution in [3.8, 4) is 0 Å². The van der Waals surface area contributed by atoms with Gasteiger partial charge in [-0.05, 0) is 57.2 Å². The summed E-state index contributed by atoms with van der Waals surface area (Å²) < 4.78 is 0. The summed E-state index contributed by atoms with van der Waals surface area (Å²) in [6.45, 7) is 2.92. The molecule has 3 rings (SSSR count). The van der Waals surface area contributed by atoms with Crippen LogP contribution in [0.4, 0.5) is 0 Å². The van der Waals surface area contributed by atoms with Crippen LogP contribution < -0.4 is 10.6 Å². The van der Waals surface area contributed by atoms with E-state index in [2.05, 4.69) is 10.6 Å². The lowest BCUT2D eigenvalue weighted by Gasteiger charge is -2.48. The number of nitrogens with one attached hydrogen (secondary N) is 2. The lowest BCUT2D eigenvalue weighted by Crippen LogP contribution is -2.59. The first-order valence-electron chi connectivity index (χ1n) is 7.41. The van der Waals surface area contributed by atoms with Crippen LogP contribution in [0.1, 0.15) is 48.0 Å². The van der Waals surface area contributed by atoms with Crippen LogP contribution in [-0.2, 0) is 0 Å². The zero-order valence-corrected chi connectivity index (χ0v) is 12.6. The molecule has 0 bridgehead atoms. The van der Waals surface area contributed by atoms with Crippen LogP contribution >= 0.6 is 11.6 Å². The second-order valence-electron chi connectivity index (χ2n) is 6.16. The fraction of sp³-hybridized carbons (Fsp3) is 0.562. The normalized spacial score (nSPS) is 24.2. The minimum absolute atomic E-state index is 0.0416. The highest BCUT2D eigenvalue weighted by atomic mass is 35.5. The average Bonchev–Trinajstić information content (AvgIpc) is 2.40. The van der Waals surface area contributed by atoms with Crippen LogP contribution in [0.2, 0.25) is 5.02 Å². The molecule has 2 N–H and O–H groups in total. The molecule has 1 unspecified atom stereocenters. The summed E-state index contributed by atoms with van der Waals surface area (Å²) in [6.07, 6.45) is 5.83. The maximum atomic E-state index is 12.4. The Hall–Kier alpha value is -1.06. The minimum atomic E-state index is -0.0416. The van der Waals surface area contributed by atoms with E-state index in [1.54, 1.807) is 6.07 Å². The number of benzene rings is 1. The van der Waals surface area contributed by atoms with Crippen LogP contribution in [0.25, 0.3) is 0 Å². The van der Waals surface area contributed by atoms with E-state index in [1.165, 1.54) is 19.3 Å². The fourth-order valence-electron chi connectivity index (χ4n) is 3.35. The highest BCUT2D eigenvalue weighted by Gasteiger charge is 2.41. The molecule has 1 saturated carbocycles. The molecule has 1 aliphatic carbocycles. The molecule has 1 spiro atoms. The molecule has 1 amide bonds. The van der Waals surface area contributed by atoms with Crippen molar-refractivity contribution in [3.63, 3.8) is 0 Å². The van der Waals surface area contributed by atoms with E-state index in [-0.39, 0.29) is 11.9 Å². The third-order valence-electron chi connectivity index (χ3n) is 4.71.